The highest BCUT2D eigenvalue weighted by Gasteiger charge is 2.40. The summed E-state index contributed by atoms with van der Waals surface area (Å²) in [6.07, 6.45) is -4.58. The Labute approximate surface area is 185 Å². The van der Waals surface area contributed by atoms with Gasteiger partial charge in [0.2, 0.25) is 0 Å². The molecule has 3 aromatic rings. The number of hydrogen-bond donors (Lipinski definition) is 1. The number of hydrogen-bond acceptors (Lipinski definition) is 3. The molecule has 168 valence electrons. The van der Waals surface area contributed by atoms with E-state index in [0.717, 1.165) is 46.9 Å². The minimum Gasteiger partial charge on any atom is -0.350 e. The Balaban J connectivity index is 1.78. The van der Waals surface area contributed by atoms with Gasteiger partial charge in [-0.2, -0.15) is 13.2 Å². The lowest BCUT2D eigenvalue weighted by Crippen LogP contribution is -2.32. The lowest BCUT2D eigenvalue weighted by molar-refractivity contribution is -0.137. The monoisotopic (exact) mass is 458 g/mol. The Morgan fingerprint density at radius 3 is 2.00 bits per heavy atom. The van der Waals surface area contributed by atoms with E-state index in [4.69, 9.17) is 0 Å². The van der Waals surface area contributed by atoms with E-state index in [1.54, 1.807) is 24.3 Å². The normalized spacial score (nSPS) is 14.3. The molecule has 0 saturated heterocycles. The van der Waals surface area contributed by atoms with E-state index in [2.05, 4.69) is 5.32 Å². The Morgan fingerprint density at radius 1 is 0.788 bits per heavy atom. The van der Waals surface area contributed by atoms with Gasteiger partial charge < -0.3 is 5.32 Å². The predicted molar refractivity (Wildman–Crippen MR) is 112 cm³/mol. The molecule has 0 bridgehead atoms. The first-order valence-corrected chi connectivity index (χ1v) is 9.65. The number of halogens is 5. The minimum absolute atomic E-state index is 0.0175. The van der Waals surface area contributed by atoms with Gasteiger partial charge in [0, 0.05) is 11.8 Å². The molecule has 33 heavy (non-hydrogen) atoms. The number of benzene rings is 3. The van der Waals surface area contributed by atoms with Gasteiger partial charge in [-0.1, -0.05) is 29.8 Å². The second kappa shape index (κ2) is 8.16. The van der Waals surface area contributed by atoms with E-state index in [-0.39, 0.29) is 22.6 Å². The highest BCUT2D eigenvalue weighted by molar-refractivity contribution is 6.46. The molecule has 0 aromatic heterocycles. The number of carbonyl (C=O) groups excluding carboxylic acids is 2. The largest absolute Gasteiger partial charge is 0.416 e. The summed E-state index contributed by atoms with van der Waals surface area (Å²) in [5, 5.41) is 2.67. The van der Waals surface area contributed by atoms with Gasteiger partial charge in [0.25, 0.3) is 11.8 Å². The summed E-state index contributed by atoms with van der Waals surface area (Å²) < 4.78 is 65.7. The van der Waals surface area contributed by atoms with Gasteiger partial charge in [0.15, 0.2) is 11.6 Å². The molecular formula is C24H15F5N2O2. The van der Waals surface area contributed by atoms with Gasteiger partial charge in [-0.15, -0.1) is 0 Å². The van der Waals surface area contributed by atoms with Crippen LogP contribution in [0.3, 0.4) is 0 Å². The number of nitrogens with one attached hydrogen (secondary N) is 1. The molecule has 1 aliphatic heterocycles. The van der Waals surface area contributed by atoms with Crippen LogP contribution in [0.2, 0.25) is 0 Å². The van der Waals surface area contributed by atoms with E-state index in [0.29, 0.717) is 5.56 Å². The van der Waals surface area contributed by atoms with Crippen molar-refractivity contribution >= 4 is 28.8 Å². The average molecular weight is 458 g/mol. The van der Waals surface area contributed by atoms with E-state index in [1.807, 2.05) is 6.92 Å². The number of alkyl halides is 3. The second-order valence-electron chi connectivity index (χ2n) is 7.36. The van der Waals surface area contributed by atoms with Crippen LogP contribution < -0.4 is 10.2 Å². The fourth-order valence-corrected chi connectivity index (χ4v) is 3.39. The average Bonchev–Trinajstić information content (AvgIpc) is 3.00. The Kier molecular flexibility index (Phi) is 5.49. The molecule has 9 heteroatoms. The third-order valence-corrected chi connectivity index (χ3v) is 5.07. The van der Waals surface area contributed by atoms with Crippen molar-refractivity contribution in [2.75, 3.05) is 10.2 Å². The molecule has 1 N–H and O–H groups in total. The van der Waals surface area contributed by atoms with Crippen molar-refractivity contribution in [2.45, 2.75) is 13.1 Å². The first-order chi connectivity index (χ1) is 15.6. The molecule has 0 fully saturated rings. The van der Waals surface area contributed by atoms with E-state index in [1.165, 1.54) is 6.07 Å². The molecule has 3 aromatic carbocycles. The van der Waals surface area contributed by atoms with Crippen molar-refractivity contribution < 1.29 is 31.5 Å². The summed E-state index contributed by atoms with van der Waals surface area (Å²) in [5.41, 5.74) is 0.0227. The number of imide groups is 1. The molecule has 0 radical (unpaired) electrons. The van der Waals surface area contributed by atoms with Crippen molar-refractivity contribution in [3.8, 4) is 0 Å². The molecule has 4 rings (SSSR count). The van der Waals surface area contributed by atoms with Crippen LogP contribution in [0.5, 0.6) is 0 Å². The fourth-order valence-electron chi connectivity index (χ4n) is 3.39. The number of nitrogens with zero attached hydrogens (tertiary/aromatic N) is 1. The summed E-state index contributed by atoms with van der Waals surface area (Å²) in [6.45, 7) is 1.83. The summed E-state index contributed by atoms with van der Waals surface area (Å²) >= 11 is 0. The van der Waals surface area contributed by atoms with Crippen LogP contribution in [0.25, 0.3) is 5.57 Å². The SMILES string of the molecule is Cc1ccc(C2=C(Nc3ccc(F)c(F)c3)C(=O)N(c3ccc(C(F)(F)F)cc3)C2=O)cc1. The van der Waals surface area contributed by atoms with Crippen LogP contribution in [0.15, 0.2) is 72.4 Å². The number of aryl methyl sites for hydroxylation is 1. The van der Waals surface area contributed by atoms with Gasteiger partial charge in [-0.05, 0) is 48.9 Å². The second-order valence-corrected chi connectivity index (χ2v) is 7.36. The molecule has 0 saturated carbocycles. The molecule has 1 aliphatic rings. The maximum absolute atomic E-state index is 13.7. The molecule has 0 atom stereocenters. The van der Waals surface area contributed by atoms with Crippen molar-refractivity contribution in [1.29, 1.82) is 0 Å². The third kappa shape index (κ3) is 4.21. The summed E-state index contributed by atoms with van der Waals surface area (Å²) in [6, 6.07) is 13.1. The lowest BCUT2D eigenvalue weighted by atomic mass is 10.0. The lowest BCUT2D eigenvalue weighted by Gasteiger charge is -2.16. The van der Waals surface area contributed by atoms with Gasteiger partial charge in [-0.25, -0.2) is 13.7 Å². The van der Waals surface area contributed by atoms with Gasteiger partial charge in [0.1, 0.15) is 5.70 Å². The molecular weight excluding hydrogens is 443 g/mol. The third-order valence-electron chi connectivity index (χ3n) is 5.07. The summed E-state index contributed by atoms with van der Waals surface area (Å²) in [5.74, 6) is -3.86. The smallest absolute Gasteiger partial charge is 0.350 e. The van der Waals surface area contributed by atoms with Gasteiger partial charge in [0.05, 0.1) is 16.8 Å². The van der Waals surface area contributed by atoms with Crippen molar-refractivity contribution in [3.05, 3.63) is 101 Å². The zero-order chi connectivity index (χ0) is 23.9. The van der Waals surface area contributed by atoms with Crippen LogP contribution in [-0.4, -0.2) is 11.8 Å². The highest BCUT2D eigenvalue weighted by atomic mass is 19.4. The predicted octanol–water partition coefficient (Wildman–Crippen LogP) is 5.69. The molecule has 2 amide bonds. The Bertz CT molecular complexity index is 1280. The van der Waals surface area contributed by atoms with Crippen molar-refractivity contribution in [3.63, 3.8) is 0 Å². The highest BCUT2D eigenvalue weighted by Crippen LogP contribution is 2.36. The zero-order valence-corrected chi connectivity index (χ0v) is 17.0. The van der Waals surface area contributed by atoms with Gasteiger partial charge >= 0.3 is 6.18 Å². The van der Waals surface area contributed by atoms with Crippen molar-refractivity contribution in [1.82, 2.24) is 0 Å². The minimum atomic E-state index is -4.58. The standard InChI is InChI=1S/C24H15F5N2O2/c1-13-2-4-14(5-3-13)20-21(30-16-8-11-18(25)19(26)12-16)23(33)31(22(20)32)17-9-6-15(7-10-17)24(27,28)29/h2-12,30H,1H3. The van der Waals surface area contributed by atoms with E-state index in [9.17, 15) is 31.5 Å². The van der Waals surface area contributed by atoms with Crippen LogP contribution >= 0.6 is 0 Å². The quantitative estimate of drug-likeness (QED) is 0.404. The number of anilines is 2. The topological polar surface area (TPSA) is 49.4 Å². The van der Waals surface area contributed by atoms with Crippen molar-refractivity contribution in [2.24, 2.45) is 0 Å². The van der Waals surface area contributed by atoms with Crippen LogP contribution in [0.4, 0.5) is 33.3 Å². The Hall–Kier alpha value is -4.01. The molecule has 0 aliphatic carbocycles. The zero-order valence-electron chi connectivity index (χ0n) is 17.0. The molecule has 0 unspecified atom stereocenters. The number of amides is 2. The van der Waals surface area contributed by atoms with Gasteiger partial charge in [-0.3, -0.25) is 9.59 Å². The van der Waals surface area contributed by atoms with Crippen LogP contribution in [-0.2, 0) is 15.8 Å². The number of rotatable bonds is 4. The van der Waals surface area contributed by atoms with E-state index < -0.39 is 35.2 Å². The summed E-state index contributed by atoms with van der Waals surface area (Å²) in [7, 11) is 0. The van der Waals surface area contributed by atoms with Crippen LogP contribution in [0, 0.1) is 18.6 Å². The molecule has 0 spiro atoms. The fraction of sp³-hybridized carbons (Fsp3) is 0.0833. The van der Waals surface area contributed by atoms with Crippen LogP contribution in [0.1, 0.15) is 16.7 Å². The first kappa shape index (κ1) is 22.2. The maximum atomic E-state index is 13.7. The Morgan fingerprint density at radius 2 is 1.42 bits per heavy atom. The molecule has 1 heterocycles. The van der Waals surface area contributed by atoms with E-state index >= 15 is 0 Å². The summed E-state index contributed by atoms with van der Waals surface area (Å²) in [4.78, 5) is 27.2. The number of carbonyl (C=O) groups is 2. The molecule has 4 nitrogen and oxygen atoms in total. The maximum Gasteiger partial charge on any atom is 0.416 e. The first-order valence-electron chi connectivity index (χ1n) is 9.65.